The van der Waals surface area contributed by atoms with Gasteiger partial charge in [-0.25, -0.2) is 0 Å². The molecule has 1 aliphatic carbocycles. The normalized spacial score (nSPS) is 22.6. The second-order valence-corrected chi connectivity index (χ2v) is 6.52. The minimum Gasteiger partial charge on any atom is -0.342 e. The third kappa shape index (κ3) is 4.06. The van der Waals surface area contributed by atoms with Crippen molar-refractivity contribution in [2.45, 2.75) is 44.2 Å². The summed E-state index contributed by atoms with van der Waals surface area (Å²) in [6.07, 6.45) is 5.02. The molecule has 0 unspecified atom stereocenters. The van der Waals surface area contributed by atoms with Crippen molar-refractivity contribution in [3.05, 3.63) is 34.3 Å². The van der Waals surface area contributed by atoms with E-state index in [4.69, 9.17) is 0 Å². The first-order chi connectivity index (χ1) is 9.60. The van der Waals surface area contributed by atoms with Gasteiger partial charge in [-0.2, -0.15) is 0 Å². The van der Waals surface area contributed by atoms with Gasteiger partial charge in [-0.15, -0.1) is 0 Å². The summed E-state index contributed by atoms with van der Waals surface area (Å²) in [5.41, 5.74) is 1.07. The number of halogens is 1. The molecule has 0 bridgehead atoms. The summed E-state index contributed by atoms with van der Waals surface area (Å²) in [5.74, 6) is 0.219. The molecule has 0 saturated heterocycles. The summed E-state index contributed by atoms with van der Waals surface area (Å²) in [6, 6.07) is 9.01. The lowest BCUT2D eigenvalue weighted by Crippen LogP contribution is -2.43. The van der Waals surface area contributed by atoms with Gasteiger partial charge in [0.15, 0.2) is 0 Å². The highest BCUT2D eigenvalue weighted by molar-refractivity contribution is 9.10. The van der Waals surface area contributed by atoms with Gasteiger partial charge in [0, 0.05) is 23.6 Å². The van der Waals surface area contributed by atoms with Crippen LogP contribution in [0.2, 0.25) is 0 Å². The zero-order valence-corrected chi connectivity index (χ0v) is 13.8. The molecule has 0 aliphatic heterocycles. The van der Waals surface area contributed by atoms with Gasteiger partial charge in [0.1, 0.15) is 0 Å². The van der Waals surface area contributed by atoms with Gasteiger partial charge >= 0.3 is 0 Å². The predicted octanol–water partition coefficient (Wildman–Crippen LogP) is 2.98. The first kappa shape index (κ1) is 15.5. The van der Waals surface area contributed by atoms with Gasteiger partial charge in [0.25, 0.3) is 0 Å². The summed E-state index contributed by atoms with van der Waals surface area (Å²) in [7, 11) is 3.97. The van der Waals surface area contributed by atoms with Crippen LogP contribution in [-0.2, 0) is 11.2 Å². The highest BCUT2D eigenvalue weighted by Crippen LogP contribution is 2.23. The van der Waals surface area contributed by atoms with E-state index in [2.05, 4.69) is 21.2 Å². The Morgan fingerprint density at radius 2 is 2.05 bits per heavy atom. The average Bonchev–Trinajstić information content (AvgIpc) is 2.46. The molecule has 1 fully saturated rings. The number of rotatable bonds is 4. The van der Waals surface area contributed by atoms with Crippen LogP contribution < -0.4 is 5.32 Å². The molecular weight excluding hydrogens is 316 g/mol. The highest BCUT2D eigenvalue weighted by Gasteiger charge is 2.25. The van der Waals surface area contributed by atoms with Gasteiger partial charge < -0.3 is 10.2 Å². The van der Waals surface area contributed by atoms with Crippen molar-refractivity contribution in [2.24, 2.45) is 0 Å². The Morgan fingerprint density at radius 3 is 2.65 bits per heavy atom. The lowest BCUT2D eigenvalue weighted by atomic mass is 9.90. The summed E-state index contributed by atoms with van der Waals surface area (Å²) in [4.78, 5) is 14.3. The van der Waals surface area contributed by atoms with E-state index in [0.29, 0.717) is 18.5 Å². The van der Waals surface area contributed by atoms with E-state index in [9.17, 15) is 4.79 Å². The van der Waals surface area contributed by atoms with Crippen molar-refractivity contribution >= 4 is 21.8 Å². The summed E-state index contributed by atoms with van der Waals surface area (Å²) >= 11 is 3.45. The quantitative estimate of drug-likeness (QED) is 0.915. The Hall–Kier alpha value is -0.870. The molecule has 2 rings (SSSR count). The summed E-state index contributed by atoms with van der Waals surface area (Å²) < 4.78 is 1.03. The van der Waals surface area contributed by atoms with Crippen LogP contribution in [0.25, 0.3) is 0 Å². The van der Waals surface area contributed by atoms with Gasteiger partial charge in [-0.3, -0.25) is 4.79 Å². The minimum atomic E-state index is 0.219. The minimum absolute atomic E-state index is 0.219. The van der Waals surface area contributed by atoms with Crippen molar-refractivity contribution < 1.29 is 4.79 Å². The Balaban J connectivity index is 1.89. The predicted molar refractivity (Wildman–Crippen MR) is 85.7 cm³/mol. The first-order valence-electron chi connectivity index (χ1n) is 7.27. The highest BCUT2D eigenvalue weighted by atomic mass is 79.9. The molecule has 1 aromatic rings. The van der Waals surface area contributed by atoms with Crippen LogP contribution in [0.5, 0.6) is 0 Å². The van der Waals surface area contributed by atoms with E-state index >= 15 is 0 Å². The molecule has 110 valence electrons. The zero-order valence-electron chi connectivity index (χ0n) is 12.2. The molecule has 1 aliphatic rings. The fraction of sp³-hybridized carbons (Fsp3) is 0.562. The Kier molecular flexibility index (Phi) is 5.61. The van der Waals surface area contributed by atoms with E-state index < -0.39 is 0 Å². The summed E-state index contributed by atoms with van der Waals surface area (Å²) in [5, 5.41) is 3.33. The zero-order chi connectivity index (χ0) is 14.5. The van der Waals surface area contributed by atoms with Gasteiger partial charge in [-0.05, 0) is 50.4 Å². The number of likely N-dealkylation sites (N-methyl/N-ethyl adjacent to an activating group) is 1. The van der Waals surface area contributed by atoms with Crippen LogP contribution >= 0.6 is 15.9 Å². The van der Waals surface area contributed by atoms with Crippen LogP contribution in [0.1, 0.15) is 31.2 Å². The lowest BCUT2D eigenvalue weighted by Gasteiger charge is -2.34. The molecule has 0 spiro atoms. The smallest absolute Gasteiger partial charge is 0.226 e. The first-order valence-corrected chi connectivity index (χ1v) is 8.07. The number of carbonyl (C=O) groups is 1. The number of hydrogen-bond donors (Lipinski definition) is 1. The Bertz CT molecular complexity index is 456. The molecule has 0 radical (unpaired) electrons. The van der Waals surface area contributed by atoms with Crippen molar-refractivity contribution in [2.75, 3.05) is 14.1 Å². The van der Waals surface area contributed by atoms with E-state index in [1.165, 1.54) is 0 Å². The van der Waals surface area contributed by atoms with Crippen molar-refractivity contribution in [1.29, 1.82) is 0 Å². The van der Waals surface area contributed by atoms with Crippen LogP contribution in [0.15, 0.2) is 28.7 Å². The van der Waals surface area contributed by atoms with Gasteiger partial charge in [-0.1, -0.05) is 28.1 Å². The van der Waals surface area contributed by atoms with E-state index in [-0.39, 0.29) is 5.91 Å². The number of benzene rings is 1. The van der Waals surface area contributed by atoms with Gasteiger partial charge in [0.05, 0.1) is 6.42 Å². The largest absolute Gasteiger partial charge is 0.342 e. The molecular formula is C16H23BrN2O. The number of carbonyl (C=O) groups excluding carboxylic acids is 1. The van der Waals surface area contributed by atoms with Crippen molar-refractivity contribution in [3.8, 4) is 0 Å². The van der Waals surface area contributed by atoms with Crippen LogP contribution in [-0.4, -0.2) is 37.0 Å². The Labute approximate surface area is 129 Å². The van der Waals surface area contributed by atoms with Crippen LogP contribution in [0.3, 0.4) is 0 Å². The molecule has 4 heteroatoms. The number of amides is 1. The lowest BCUT2D eigenvalue weighted by molar-refractivity contribution is -0.131. The number of nitrogens with zero attached hydrogens (tertiary/aromatic N) is 1. The molecule has 20 heavy (non-hydrogen) atoms. The van der Waals surface area contributed by atoms with Crippen molar-refractivity contribution in [1.82, 2.24) is 10.2 Å². The molecule has 0 aromatic heterocycles. The molecule has 1 N–H and O–H groups in total. The second kappa shape index (κ2) is 7.23. The average molecular weight is 339 g/mol. The molecule has 1 saturated carbocycles. The SMILES string of the molecule is CNC1CCC(N(C)C(=O)Cc2cccc(Br)c2)CC1. The Morgan fingerprint density at radius 1 is 1.35 bits per heavy atom. The maximum Gasteiger partial charge on any atom is 0.226 e. The maximum atomic E-state index is 12.4. The fourth-order valence-corrected chi connectivity index (χ4v) is 3.35. The molecule has 3 nitrogen and oxygen atoms in total. The topological polar surface area (TPSA) is 32.3 Å². The van der Waals surface area contributed by atoms with Crippen molar-refractivity contribution in [3.63, 3.8) is 0 Å². The standard InChI is InChI=1S/C16H23BrN2O/c1-18-14-6-8-15(9-7-14)19(2)16(20)11-12-4-3-5-13(17)10-12/h3-5,10,14-15,18H,6-9,11H2,1-2H3. The van der Waals surface area contributed by atoms with Crippen LogP contribution in [0, 0.1) is 0 Å². The van der Waals surface area contributed by atoms with Gasteiger partial charge in [0.2, 0.25) is 5.91 Å². The van der Waals surface area contributed by atoms with E-state index in [1.54, 1.807) is 0 Å². The van der Waals surface area contributed by atoms with E-state index in [1.807, 2.05) is 43.3 Å². The third-order valence-electron chi connectivity index (χ3n) is 4.29. The summed E-state index contributed by atoms with van der Waals surface area (Å²) in [6.45, 7) is 0. The van der Waals surface area contributed by atoms with Crippen LogP contribution in [0.4, 0.5) is 0 Å². The number of nitrogens with one attached hydrogen (secondary N) is 1. The monoisotopic (exact) mass is 338 g/mol. The molecule has 0 heterocycles. The third-order valence-corrected chi connectivity index (χ3v) is 4.78. The van der Waals surface area contributed by atoms with E-state index in [0.717, 1.165) is 35.7 Å². The molecule has 1 amide bonds. The number of hydrogen-bond acceptors (Lipinski definition) is 2. The molecule has 0 atom stereocenters. The second-order valence-electron chi connectivity index (χ2n) is 5.61. The maximum absolute atomic E-state index is 12.4. The fourth-order valence-electron chi connectivity index (χ4n) is 2.90. The molecule has 1 aromatic carbocycles.